The number of hydrogen-bond donors (Lipinski definition) is 2. The van der Waals surface area contributed by atoms with Crippen LogP contribution in [0.15, 0.2) is 28.6 Å². The van der Waals surface area contributed by atoms with Crippen LogP contribution in [-0.4, -0.2) is 24.5 Å². The van der Waals surface area contributed by atoms with Gasteiger partial charge in [0.05, 0.1) is 10.5 Å². The molecular weight excluding hydrogens is 307 g/mol. The molecule has 0 bridgehead atoms. The van der Waals surface area contributed by atoms with Crippen molar-refractivity contribution in [2.75, 3.05) is 4.72 Å². The van der Waals surface area contributed by atoms with Crippen molar-refractivity contribution in [1.82, 2.24) is 4.98 Å². The lowest BCUT2D eigenvalue weighted by atomic mass is 10.1. The van der Waals surface area contributed by atoms with Crippen LogP contribution in [-0.2, 0) is 10.0 Å². The number of aromatic nitrogens is 1. The summed E-state index contributed by atoms with van der Waals surface area (Å²) in [5.74, 6) is -2.31. The van der Waals surface area contributed by atoms with Crippen LogP contribution < -0.4 is 4.72 Å². The Labute approximate surface area is 118 Å². The van der Waals surface area contributed by atoms with E-state index in [1.165, 1.54) is 13.1 Å². The first-order chi connectivity index (χ1) is 9.31. The Morgan fingerprint density at radius 2 is 2.15 bits per heavy atom. The number of hydrogen-bond acceptors (Lipinski definition) is 5. The van der Waals surface area contributed by atoms with Gasteiger partial charge in [-0.1, -0.05) is 0 Å². The van der Waals surface area contributed by atoms with Gasteiger partial charge in [0, 0.05) is 17.1 Å². The van der Waals surface area contributed by atoms with Crippen LogP contribution in [0.2, 0.25) is 0 Å². The number of anilines is 1. The normalized spacial score (nSPS) is 11.3. The van der Waals surface area contributed by atoms with Crippen LogP contribution >= 0.6 is 11.3 Å². The Morgan fingerprint density at radius 3 is 2.70 bits per heavy atom. The summed E-state index contributed by atoms with van der Waals surface area (Å²) in [6.45, 7) is 1.26. The highest BCUT2D eigenvalue weighted by Gasteiger charge is 2.22. The maximum Gasteiger partial charge on any atom is 0.335 e. The fraction of sp³-hybridized carbons (Fsp3) is 0.0909. The summed E-state index contributed by atoms with van der Waals surface area (Å²) < 4.78 is 40.1. The summed E-state index contributed by atoms with van der Waals surface area (Å²) in [4.78, 5) is 14.2. The van der Waals surface area contributed by atoms with Crippen LogP contribution in [0.3, 0.4) is 0 Å². The Hall–Kier alpha value is -2.00. The van der Waals surface area contributed by atoms with E-state index >= 15 is 0 Å². The van der Waals surface area contributed by atoms with Crippen LogP contribution in [0.1, 0.15) is 15.9 Å². The molecule has 106 valence electrons. The van der Waals surface area contributed by atoms with Gasteiger partial charge >= 0.3 is 5.97 Å². The van der Waals surface area contributed by atoms with Gasteiger partial charge in [0.2, 0.25) is 0 Å². The predicted molar refractivity (Wildman–Crippen MR) is 71.0 cm³/mol. The van der Waals surface area contributed by atoms with E-state index in [0.29, 0.717) is 0 Å². The average molecular weight is 316 g/mol. The number of thiazole rings is 1. The molecule has 1 aromatic heterocycles. The number of aromatic carboxylic acids is 1. The monoisotopic (exact) mass is 316 g/mol. The minimum Gasteiger partial charge on any atom is -0.478 e. The molecule has 0 saturated heterocycles. The molecule has 0 aliphatic heterocycles. The molecule has 0 unspecified atom stereocenters. The summed E-state index contributed by atoms with van der Waals surface area (Å²) >= 11 is 1.05. The smallest absolute Gasteiger partial charge is 0.335 e. The summed E-state index contributed by atoms with van der Waals surface area (Å²) in [7, 11) is -4.10. The molecule has 6 nitrogen and oxygen atoms in total. The molecule has 0 saturated carbocycles. The lowest BCUT2D eigenvalue weighted by molar-refractivity contribution is 0.0696. The van der Waals surface area contributed by atoms with Crippen molar-refractivity contribution in [2.24, 2.45) is 0 Å². The van der Waals surface area contributed by atoms with E-state index in [0.717, 1.165) is 23.5 Å². The molecule has 0 amide bonds. The number of carbonyl (C=O) groups is 1. The number of rotatable bonds is 4. The summed E-state index contributed by atoms with van der Waals surface area (Å²) in [5, 5.41) is 10.5. The topological polar surface area (TPSA) is 96.4 Å². The van der Waals surface area contributed by atoms with Gasteiger partial charge in [0.25, 0.3) is 10.0 Å². The van der Waals surface area contributed by atoms with Crippen LogP contribution in [0.25, 0.3) is 0 Å². The minimum absolute atomic E-state index is 0.116. The van der Waals surface area contributed by atoms with Gasteiger partial charge in [-0.15, -0.1) is 11.3 Å². The molecule has 0 spiro atoms. The Balaban J connectivity index is 2.53. The highest BCUT2D eigenvalue weighted by atomic mass is 32.2. The molecule has 1 heterocycles. The second kappa shape index (κ2) is 5.17. The zero-order valence-corrected chi connectivity index (χ0v) is 11.8. The number of sulfonamides is 1. The van der Waals surface area contributed by atoms with Crippen LogP contribution in [0.5, 0.6) is 0 Å². The fourth-order valence-corrected chi connectivity index (χ4v) is 3.57. The van der Waals surface area contributed by atoms with E-state index in [-0.39, 0.29) is 10.7 Å². The molecule has 2 aromatic rings. The van der Waals surface area contributed by atoms with Crippen LogP contribution in [0.4, 0.5) is 9.52 Å². The first-order valence-corrected chi connectivity index (χ1v) is 7.63. The van der Waals surface area contributed by atoms with E-state index < -0.39 is 32.3 Å². The van der Waals surface area contributed by atoms with E-state index in [1.807, 2.05) is 0 Å². The van der Waals surface area contributed by atoms with Crippen molar-refractivity contribution in [1.29, 1.82) is 0 Å². The largest absolute Gasteiger partial charge is 0.478 e. The second-order valence-corrected chi connectivity index (χ2v) is 6.37. The molecule has 2 N–H and O–H groups in total. The standard InChI is InChI=1S/C11H9FN2O4S2/c1-6-8(12)4-7(10(15)16)5-9(6)20(17,18)14-11-13-2-3-19-11/h2-5H,1H3,(H,13,14)(H,15,16). The van der Waals surface area contributed by atoms with Crippen molar-refractivity contribution in [2.45, 2.75) is 11.8 Å². The first kappa shape index (κ1) is 14.4. The Morgan fingerprint density at radius 1 is 1.45 bits per heavy atom. The molecule has 0 atom stereocenters. The number of nitrogens with one attached hydrogen (secondary N) is 1. The third-order valence-electron chi connectivity index (χ3n) is 2.49. The molecule has 9 heteroatoms. The molecule has 2 rings (SSSR count). The van der Waals surface area contributed by atoms with E-state index in [4.69, 9.17) is 5.11 Å². The first-order valence-electron chi connectivity index (χ1n) is 5.27. The van der Waals surface area contributed by atoms with Gasteiger partial charge in [-0.2, -0.15) is 0 Å². The van der Waals surface area contributed by atoms with E-state index in [2.05, 4.69) is 9.71 Å². The summed E-state index contributed by atoms with van der Waals surface area (Å²) in [6, 6.07) is 1.69. The van der Waals surface area contributed by atoms with Crippen molar-refractivity contribution in [3.8, 4) is 0 Å². The molecule has 0 aliphatic carbocycles. The number of carboxylic acid groups (broad SMARTS) is 1. The Bertz CT molecular complexity index is 757. The van der Waals surface area contributed by atoms with Crippen molar-refractivity contribution < 1.29 is 22.7 Å². The van der Waals surface area contributed by atoms with Crippen molar-refractivity contribution in [3.05, 3.63) is 40.7 Å². The summed E-state index contributed by atoms with van der Waals surface area (Å²) in [5.41, 5.74) is -0.591. The van der Waals surface area contributed by atoms with Gasteiger partial charge in [0.1, 0.15) is 5.82 Å². The average Bonchev–Trinajstić information content (AvgIpc) is 2.83. The van der Waals surface area contributed by atoms with Crippen LogP contribution in [0, 0.1) is 12.7 Å². The van der Waals surface area contributed by atoms with E-state index in [9.17, 15) is 17.6 Å². The third-order valence-corrected chi connectivity index (χ3v) is 4.77. The summed E-state index contributed by atoms with van der Waals surface area (Å²) in [6.07, 6.45) is 1.41. The van der Waals surface area contributed by atoms with Gasteiger partial charge in [-0.25, -0.2) is 22.6 Å². The lowest BCUT2D eigenvalue weighted by Gasteiger charge is -2.10. The molecule has 1 aromatic carbocycles. The zero-order valence-electron chi connectivity index (χ0n) is 10.1. The van der Waals surface area contributed by atoms with Crippen molar-refractivity contribution in [3.63, 3.8) is 0 Å². The highest BCUT2D eigenvalue weighted by molar-refractivity contribution is 7.93. The number of benzene rings is 1. The van der Waals surface area contributed by atoms with Crippen molar-refractivity contribution >= 4 is 32.5 Å². The minimum atomic E-state index is -4.10. The quantitative estimate of drug-likeness (QED) is 0.900. The number of nitrogens with zero attached hydrogens (tertiary/aromatic N) is 1. The van der Waals surface area contributed by atoms with Gasteiger partial charge < -0.3 is 5.11 Å². The SMILES string of the molecule is Cc1c(F)cc(C(=O)O)cc1S(=O)(=O)Nc1nccs1. The third kappa shape index (κ3) is 2.78. The van der Waals surface area contributed by atoms with E-state index in [1.54, 1.807) is 5.38 Å². The van der Waals surface area contributed by atoms with Gasteiger partial charge in [-0.05, 0) is 19.1 Å². The predicted octanol–water partition coefficient (Wildman–Crippen LogP) is 2.09. The molecule has 0 fully saturated rings. The highest BCUT2D eigenvalue weighted by Crippen LogP contribution is 2.24. The molecule has 0 radical (unpaired) electrons. The number of carboxylic acids is 1. The maximum absolute atomic E-state index is 13.6. The van der Waals surface area contributed by atoms with Gasteiger partial charge in [-0.3, -0.25) is 4.72 Å². The Kier molecular flexibility index (Phi) is 3.73. The number of halogens is 1. The lowest BCUT2D eigenvalue weighted by Crippen LogP contribution is -2.16. The maximum atomic E-state index is 13.6. The molecule has 20 heavy (non-hydrogen) atoms. The van der Waals surface area contributed by atoms with Gasteiger partial charge in [0.15, 0.2) is 5.13 Å². The zero-order chi connectivity index (χ0) is 14.9. The fourth-order valence-electron chi connectivity index (χ4n) is 1.50. The second-order valence-electron chi connectivity index (χ2n) is 3.83. The molecular formula is C11H9FN2O4S2. The molecule has 0 aliphatic rings.